The second kappa shape index (κ2) is 4.37. The molecule has 1 aliphatic rings. The van der Waals surface area contributed by atoms with E-state index in [-0.39, 0.29) is 11.9 Å². The van der Waals surface area contributed by atoms with E-state index in [1.807, 2.05) is 4.90 Å². The quantitative estimate of drug-likeness (QED) is 0.800. The minimum Gasteiger partial charge on any atom is -0.369 e. The summed E-state index contributed by atoms with van der Waals surface area (Å²) in [7, 11) is 0. The van der Waals surface area contributed by atoms with Crippen LogP contribution in [0.15, 0.2) is 18.2 Å². The number of nitrogens with two attached hydrogens (primary N) is 1. The highest BCUT2D eigenvalue weighted by Gasteiger charge is 2.18. The zero-order chi connectivity index (χ0) is 10.8. The zero-order valence-electron chi connectivity index (χ0n) is 8.42. The molecule has 4 heteroatoms. The molecule has 2 N–H and O–H groups in total. The van der Waals surface area contributed by atoms with Crippen molar-refractivity contribution in [2.45, 2.75) is 18.9 Å². The van der Waals surface area contributed by atoms with E-state index in [9.17, 15) is 4.39 Å². The lowest BCUT2D eigenvalue weighted by atomic mass is 10.1. The van der Waals surface area contributed by atoms with Gasteiger partial charge in [0.25, 0.3) is 0 Å². The molecule has 15 heavy (non-hydrogen) atoms. The molecule has 0 radical (unpaired) electrons. The molecule has 2 nitrogen and oxygen atoms in total. The molecular weight excluding hydrogens is 215 g/mol. The Morgan fingerprint density at radius 3 is 2.67 bits per heavy atom. The van der Waals surface area contributed by atoms with Crippen molar-refractivity contribution in [2.75, 3.05) is 18.0 Å². The van der Waals surface area contributed by atoms with E-state index in [1.54, 1.807) is 12.1 Å². The van der Waals surface area contributed by atoms with Crippen molar-refractivity contribution < 1.29 is 4.39 Å². The Bertz CT molecular complexity index is 348. The Balaban J connectivity index is 2.18. The third-order valence-electron chi connectivity index (χ3n) is 2.79. The van der Waals surface area contributed by atoms with Crippen molar-refractivity contribution in [1.29, 1.82) is 0 Å². The van der Waals surface area contributed by atoms with Crippen LogP contribution in [-0.2, 0) is 0 Å². The van der Waals surface area contributed by atoms with Crippen LogP contribution in [0.4, 0.5) is 10.1 Å². The van der Waals surface area contributed by atoms with E-state index in [2.05, 4.69) is 0 Å². The van der Waals surface area contributed by atoms with Crippen LogP contribution in [0.3, 0.4) is 0 Å². The monoisotopic (exact) mass is 228 g/mol. The number of hydrogen-bond donors (Lipinski definition) is 1. The molecule has 1 aromatic rings. The van der Waals surface area contributed by atoms with Crippen molar-refractivity contribution in [3.05, 3.63) is 29.0 Å². The summed E-state index contributed by atoms with van der Waals surface area (Å²) in [6.45, 7) is 1.61. The molecule has 0 spiro atoms. The fourth-order valence-electron chi connectivity index (χ4n) is 1.87. The first kappa shape index (κ1) is 10.7. The Labute approximate surface area is 93.8 Å². The molecule has 1 aliphatic heterocycles. The predicted molar refractivity (Wildman–Crippen MR) is 60.8 cm³/mol. The van der Waals surface area contributed by atoms with Gasteiger partial charge in [0.05, 0.1) is 5.69 Å². The van der Waals surface area contributed by atoms with Gasteiger partial charge in [-0.05, 0) is 31.0 Å². The minimum absolute atomic E-state index is 0.213. The summed E-state index contributed by atoms with van der Waals surface area (Å²) < 4.78 is 13.5. The fraction of sp³-hybridized carbons (Fsp3) is 0.455. The number of piperidine rings is 1. The summed E-state index contributed by atoms with van der Waals surface area (Å²) in [6, 6.07) is 4.90. The summed E-state index contributed by atoms with van der Waals surface area (Å²) in [5, 5.41) is 0.571. The van der Waals surface area contributed by atoms with Gasteiger partial charge in [0, 0.05) is 24.2 Å². The molecule has 0 bridgehead atoms. The summed E-state index contributed by atoms with van der Waals surface area (Å²) >= 11 is 5.85. The first-order valence-corrected chi connectivity index (χ1v) is 5.50. The molecule has 82 valence electrons. The van der Waals surface area contributed by atoms with Crippen LogP contribution in [0.5, 0.6) is 0 Å². The van der Waals surface area contributed by atoms with Crippen molar-refractivity contribution in [2.24, 2.45) is 5.73 Å². The van der Waals surface area contributed by atoms with Gasteiger partial charge >= 0.3 is 0 Å². The lowest BCUT2D eigenvalue weighted by molar-refractivity contribution is 0.494. The van der Waals surface area contributed by atoms with Crippen molar-refractivity contribution >= 4 is 17.3 Å². The number of hydrogen-bond acceptors (Lipinski definition) is 2. The standard InChI is InChI=1S/C11H14ClFN2/c12-8-1-2-10(13)11(7-8)15-5-3-9(14)4-6-15/h1-2,7,9H,3-6,14H2. The predicted octanol–water partition coefficient (Wildman–Crippen LogP) is 2.41. The number of halogens is 2. The highest BCUT2D eigenvalue weighted by Crippen LogP contribution is 2.25. The average molecular weight is 229 g/mol. The summed E-state index contributed by atoms with van der Waals surface area (Å²) in [6.07, 6.45) is 1.82. The molecule has 0 unspecified atom stereocenters. The van der Waals surface area contributed by atoms with Crippen LogP contribution in [0, 0.1) is 5.82 Å². The summed E-state index contributed by atoms with van der Waals surface area (Å²) in [4.78, 5) is 2.00. The van der Waals surface area contributed by atoms with E-state index in [0.717, 1.165) is 25.9 Å². The largest absolute Gasteiger partial charge is 0.369 e. The highest BCUT2D eigenvalue weighted by atomic mass is 35.5. The van der Waals surface area contributed by atoms with E-state index in [1.165, 1.54) is 6.07 Å². The molecular formula is C11H14ClFN2. The second-order valence-electron chi connectivity index (χ2n) is 3.92. The van der Waals surface area contributed by atoms with Gasteiger partial charge in [-0.2, -0.15) is 0 Å². The fourth-order valence-corrected chi connectivity index (χ4v) is 2.03. The Morgan fingerprint density at radius 1 is 1.33 bits per heavy atom. The molecule has 1 heterocycles. The van der Waals surface area contributed by atoms with E-state index < -0.39 is 0 Å². The average Bonchev–Trinajstić information content (AvgIpc) is 2.23. The lowest BCUT2D eigenvalue weighted by Crippen LogP contribution is -2.40. The first-order valence-electron chi connectivity index (χ1n) is 5.12. The van der Waals surface area contributed by atoms with Crippen molar-refractivity contribution in [3.8, 4) is 0 Å². The maximum Gasteiger partial charge on any atom is 0.146 e. The molecule has 1 saturated heterocycles. The van der Waals surface area contributed by atoms with E-state index >= 15 is 0 Å². The van der Waals surface area contributed by atoms with Crippen molar-refractivity contribution in [1.82, 2.24) is 0 Å². The number of nitrogens with zero attached hydrogens (tertiary/aromatic N) is 1. The summed E-state index contributed by atoms with van der Waals surface area (Å²) in [5.41, 5.74) is 6.39. The zero-order valence-corrected chi connectivity index (χ0v) is 9.17. The number of benzene rings is 1. The maximum atomic E-state index is 13.5. The number of anilines is 1. The Morgan fingerprint density at radius 2 is 2.00 bits per heavy atom. The highest BCUT2D eigenvalue weighted by molar-refractivity contribution is 6.30. The maximum absolute atomic E-state index is 13.5. The van der Waals surface area contributed by atoms with Gasteiger partial charge in [-0.3, -0.25) is 0 Å². The SMILES string of the molecule is NC1CCN(c2cc(Cl)ccc2F)CC1. The van der Waals surface area contributed by atoms with Gasteiger partial charge in [-0.1, -0.05) is 11.6 Å². The van der Waals surface area contributed by atoms with Crippen LogP contribution < -0.4 is 10.6 Å². The Hall–Kier alpha value is -0.800. The first-order chi connectivity index (χ1) is 7.16. The van der Waals surface area contributed by atoms with Gasteiger partial charge in [-0.25, -0.2) is 4.39 Å². The third kappa shape index (κ3) is 2.41. The van der Waals surface area contributed by atoms with E-state index in [0.29, 0.717) is 10.7 Å². The molecule has 0 atom stereocenters. The molecule has 0 saturated carbocycles. The molecule has 2 rings (SSSR count). The third-order valence-corrected chi connectivity index (χ3v) is 3.02. The van der Waals surface area contributed by atoms with Crippen LogP contribution in [0.1, 0.15) is 12.8 Å². The molecule has 1 fully saturated rings. The van der Waals surface area contributed by atoms with Gasteiger partial charge in [0.1, 0.15) is 5.82 Å². The van der Waals surface area contributed by atoms with Crippen molar-refractivity contribution in [3.63, 3.8) is 0 Å². The second-order valence-corrected chi connectivity index (χ2v) is 4.36. The van der Waals surface area contributed by atoms with Crippen LogP contribution in [0.2, 0.25) is 5.02 Å². The van der Waals surface area contributed by atoms with Crippen LogP contribution >= 0.6 is 11.6 Å². The van der Waals surface area contributed by atoms with Gasteiger partial charge in [0.2, 0.25) is 0 Å². The molecule has 1 aromatic carbocycles. The normalized spacial score (nSPS) is 18.2. The smallest absolute Gasteiger partial charge is 0.146 e. The van der Waals surface area contributed by atoms with Gasteiger partial charge in [0.15, 0.2) is 0 Å². The number of rotatable bonds is 1. The lowest BCUT2D eigenvalue weighted by Gasteiger charge is -2.32. The van der Waals surface area contributed by atoms with E-state index in [4.69, 9.17) is 17.3 Å². The molecule has 0 aromatic heterocycles. The van der Waals surface area contributed by atoms with Gasteiger partial charge in [-0.15, -0.1) is 0 Å². The van der Waals surface area contributed by atoms with Crippen LogP contribution in [-0.4, -0.2) is 19.1 Å². The summed E-state index contributed by atoms with van der Waals surface area (Å²) in [5.74, 6) is -0.213. The molecule has 0 amide bonds. The van der Waals surface area contributed by atoms with Gasteiger partial charge < -0.3 is 10.6 Å². The molecule has 0 aliphatic carbocycles. The topological polar surface area (TPSA) is 29.3 Å². The minimum atomic E-state index is -0.213. The Kier molecular flexibility index (Phi) is 3.12. The van der Waals surface area contributed by atoms with Crippen LogP contribution in [0.25, 0.3) is 0 Å².